The number of carbonyl (C=O) groups is 2. The molecule has 1 atom stereocenters. The van der Waals surface area contributed by atoms with Crippen molar-refractivity contribution in [2.75, 3.05) is 17.4 Å². The van der Waals surface area contributed by atoms with E-state index < -0.39 is 28.5 Å². The van der Waals surface area contributed by atoms with Crippen molar-refractivity contribution in [3.05, 3.63) is 131 Å². The number of benzene rings is 4. The lowest BCUT2D eigenvalue weighted by atomic mass is 10.0. The number of carbonyl (C=O) groups excluding carboxylic acids is 2. The molecule has 0 radical (unpaired) electrons. The molecular formula is C35H38ClN3O4S. The van der Waals surface area contributed by atoms with Gasteiger partial charge in [-0.3, -0.25) is 13.9 Å². The molecule has 0 saturated carbocycles. The lowest BCUT2D eigenvalue weighted by Crippen LogP contribution is -2.53. The second-order valence-corrected chi connectivity index (χ2v) is 12.9. The summed E-state index contributed by atoms with van der Waals surface area (Å²) in [6.07, 6.45) is 1.93. The first-order chi connectivity index (χ1) is 21.2. The van der Waals surface area contributed by atoms with Crippen molar-refractivity contribution in [3.8, 4) is 0 Å². The highest BCUT2D eigenvalue weighted by Gasteiger charge is 2.34. The predicted octanol–water partition coefficient (Wildman–Crippen LogP) is 6.40. The zero-order valence-electron chi connectivity index (χ0n) is 25.0. The Morgan fingerprint density at radius 1 is 0.841 bits per heavy atom. The summed E-state index contributed by atoms with van der Waals surface area (Å²) in [5, 5.41) is 3.43. The Labute approximate surface area is 265 Å². The van der Waals surface area contributed by atoms with Gasteiger partial charge >= 0.3 is 0 Å². The minimum absolute atomic E-state index is 0.0183. The summed E-state index contributed by atoms with van der Waals surface area (Å²) >= 11 is 6.54. The summed E-state index contributed by atoms with van der Waals surface area (Å²) in [6.45, 7) is 3.88. The summed E-state index contributed by atoms with van der Waals surface area (Å²) in [5.41, 5.74) is 2.77. The highest BCUT2D eigenvalue weighted by molar-refractivity contribution is 7.92. The van der Waals surface area contributed by atoms with Crippen molar-refractivity contribution < 1.29 is 18.0 Å². The fourth-order valence-electron chi connectivity index (χ4n) is 4.83. The average molecular weight is 632 g/mol. The highest BCUT2D eigenvalue weighted by Crippen LogP contribution is 2.26. The van der Waals surface area contributed by atoms with Gasteiger partial charge in [0.15, 0.2) is 0 Å². The smallest absolute Gasteiger partial charge is 0.264 e. The highest BCUT2D eigenvalue weighted by atomic mass is 35.5. The van der Waals surface area contributed by atoms with Gasteiger partial charge in [0.1, 0.15) is 12.6 Å². The Bertz CT molecular complexity index is 1630. The Morgan fingerprint density at radius 2 is 1.45 bits per heavy atom. The molecule has 4 rings (SSSR count). The number of nitrogens with zero attached hydrogens (tertiary/aromatic N) is 2. The van der Waals surface area contributed by atoms with E-state index in [1.54, 1.807) is 60.7 Å². The number of aryl methyl sites for hydroxylation is 1. The molecule has 7 nitrogen and oxygen atoms in total. The van der Waals surface area contributed by atoms with Gasteiger partial charge in [-0.1, -0.05) is 109 Å². The number of rotatable bonds is 14. The average Bonchev–Trinajstić information content (AvgIpc) is 3.03. The molecule has 0 spiro atoms. The summed E-state index contributed by atoms with van der Waals surface area (Å²) in [7, 11) is -4.14. The summed E-state index contributed by atoms with van der Waals surface area (Å²) in [6, 6.07) is 30.7. The van der Waals surface area contributed by atoms with Gasteiger partial charge in [0, 0.05) is 24.5 Å². The van der Waals surface area contributed by atoms with Crippen LogP contribution in [0.1, 0.15) is 36.5 Å². The third-order valence-corrected chi connectivity index (χ3v) is 9.49. The molecule has 44 heavy (non-hydrogen) atoms. The lowest BCUT2D eigenvalue weighted by Gasteiger charge is -2.34. The Balaban J connectivity index is 1.78. The maximum Gasteiger partial charge on any atom is 0.264 e. The van der Waals surface area contributed by atoms with Gasteiger partial charge in [-0.15, -0.1) is 0 Å². The largest absolute Gasteiger partial charge is 0.354 e. The zero-order valence-corrected chi connectivity index (χ0v) is 26.6. The molecule has 0 fully saturated rings. The zero-order chi connectivity index (χ0) is 31.5. The maximum absolute atomic E-state index is 14.4. The minimum atomic E-state index is -4.14. The van der Waals surface area contributed by atoms with Crippen molar-refractivity contribution in [3.63, 3.8) is 0 Å². The van der Waals surface area contributed by atoms with Crippen LogP contribution in [-0.2, 0) is 32.6 Å². The van der Waals surface area contributed by atoms with E-state index in [0.717, 1.165) is 28.3 Å². The van der Waals surface area contributed by atoms with Crippen LogP contribution in [0.5, 0.6) is 0 Å². The third-order valence-electron chi connectivity index (χ3n) is 7.33. The normalized spacial score (nSPS) is 11.9. The fourth-order valence-corrected chi connectivity index (χ4v) is 6.44. The Morgan fingerprint density at radius 3 is 2.09 bits per heavy atom. The lowest BCUT2D eigenvalue weighted by molar-refractivity contribution is -0.140. The first-order valence-corrected chi connectivity index (χ1v) is 16.5. The van der Waals surface area contributed by atoms with Crippen molar-refractivity contribution >= 4 is 39.1 Å². The number of halogens is 1. The summed E-state index contributed by atoms with van der Waals surface area (Å²) in [5.74, 6) is -0.841. The molecule has 0 aliphatic heterocycles. The molecular weight excluding hydrogens is 594 g/mol. The van der Waals surface area contributed by atoms with Gasteiger partial charge in [-0.2, -0.15) is 0 Å². The van der Waals surface area contributed by atoms with Crippen LogP contribution in [0.15, 0.2) is 114 Å². The Kier molecular flexibility index (Phi) is 11.6. The molecule has 2 amide bonds. The van der Waals surface area contributed by atoms with Gasteiger partial charge in [0.2, 0.25) is 11.8 Å². The molecule has 1 N–H and O–H groups in total. The van der Waals surface area contributed by atoms with Crippen LogP contribution in [0.3, 0.4) is 0 Å². The number of nitrogens with one attached hydrogen (secondary N) is 1. The monoisotopic (exact) mass is 631 g/mol. The molecule has 0 heterocycles. The van der Waals surface area contributed by atoms with Crippen LogP contribution >= 0.6 is 11.6 Å². The number of para-hydroxylation sites is 1. The van der Waals surface area contributed by atoms with Gasteiger partial charge in [0.25, 0.3) is 10.0 Å². The van der Waals surface area contributed by atoms with Crippen molar-refractivity contribution in [2.45, 2.75) is 50.6 Å². The SMILES string of the molecule is CCCCNC(=O)[C@@H](Cc1ccccc1)N(Cc1ccccc1Cl)C(=O)CN(c1ccccc1)S(=O)(=O)c1ccc(C)cc1. The molecule has 0 bridgehead atoms. The van der Waals surface area contributed by atoms with Crippen LogP contribution in [0.4, 0.5) is 5.69 Å². The molecule has 4 aromatic carbocycles. The molecule has 0 unspecified atom stereocenters. The first-order valence-electron chi connectivity index (χ1n) is 14.7. The number of sulfonamides is 1. The second-order valence-electron chi connectivity index (χ2n) is 10.6. The van der Waals surface area contributed by atoms with Gasteiger partial charge in [0.05, 0.1) is 10.6 Å². The van der Waals surface area contributed by atoms with Crippen LogP contribution in [0, 0.1) is 6.92 Å². The van der Waals surface area contributed by atoms with Crippen molar-refractivity contribution in [1.29, 1.82) is 0 Å². The van der Waals surface area contributed by atoms with E-state index in [1.165, 1.54) is 17.0 Å². The predicted molar refractivity (Wildman–Crippen MR) is 176 cm³/mol. The molecule has 9 heteroatoms. The van der Waals surface area contributed by atoms with Crippen LogP contribution < -0.4 is 9.62 Å². The number of hydrogen-bond acceptors (Lipinski definition) is 4. The second kappa shape index (κ2) is 15.5. The summed E-state index contributed by atoms with van der Waals surface area (Å²) < 4.78 is 29.2. The number of amides is 2. The standard InChI is InChI=1S/C35H38ClN3O4S/c1-3-4-23-37-35(41)33(24-28-13-7-5-8-14-28)38(25-29-15-11-12-18-32(29)36)34(40)26-39(30-16-9-6-10-17-30)44(42,43)31-21-19-27(2)20-22-31/h5-22,33H,3-4,23-26H2,1-2H3,(H,37,41)/t33-/m1/s1. The molecule has 0 aliphatic carbocycles. The van der Waals surface area contributed by atoms with E-state index in [-0.39, 0.29) is 23.8 Å². The maximum atomic E-state index is 14.4. The topological polar surface area (TPSA) is 86.8 Å². The van der Waals surface area contributed by atoms with Crippen LogP contribution in [0.25, 0.3) is 0 Å². The van der Waals surface area contributed by atoms with Gasteiger partial charge in [-0.05, 0) is 54.8 Å². The quantitative estimate of drug-likeness (QED) is 0.163. The van der Waals surface area contributed by atoms with Crippen LogP contribution in [-0.4, -0.2) is 44.3 Å². The number of hydrogen-bond donors (Lipinski definition) is 1. The molecule has 0 aromatic heterocycles. The van der Waals surface area contributed by atoms with E-state index in [1.807, 2.05) is 50.2 Å². The van der Waals surface area contributed by atoms with E-state index in [2.05, 4.69) is 5.32 Å². The number of anilines is 1. The van der Waals surface area contributed by atoms with E-state index >= 15 is 0 Å². The van der Waals surface area contributed by atoms with Crippen molar-refractivity contribution in [2.24, 2.45) is 0 Å². The summed E-state index contributed by atoms with van der Waals surface area (Å²) in [4.78, 5) is 29.7. The van der Waals surface area contributed by atoms with E-state index in [0.29, 0.717) is 22.8 Å². The Hall–Kier alpha value is -4.14. The third kappa shape index (κ3) is 8.49. The van der Waals surface area contributed by atoms with E-state index in [9.17, 15) is 18.0 Å². The van der Waals surface area contributed by atoms with E-state index in [4.69, 9.17) is 11.6 Å². The first kappa shape index (κ1) is 32.8. The van der Waals surface area contributed by atoms with Gasteiger partial charge < -0.3 is 10.2 Å². The molecule has 4 aromatic rings. The van der Waals surface area contributed by atoms with Crippen molar-refractivity contribution in [1.82, 2.24) is 10.2 Å². The fraction of sp³-hybridized carbons (Fsp3) is 0.257. The number of unbranched alkanes of at least 4 members (excludes halogenated alkanes) is 1. The molecule has 0 saturated heterocycles. The van der Waals surface area contributed by atoms with Gasteiger partial charge in [-0.25, -0.2) is 8.42 Å². The molecule has 230 valence electrons. The minimum Gasteiger partial charge on any atom is -0.354 e. The molecule has 0 aliphatic rings. The van der Waals surface area contributed by atoms with Crippen LogP contribution in [0.2, 0.25) is 5.02 Å².